The van der Waals surface area contributed by atoms with Crippen LogP contribution in [-0.2, 0) is 20.1 Å². The monoisotopic (exact) mass is 718 g/mol. The van der Waals surface area contributed by atoms with Gasteiger partial charge in [-0.3, -0.25) is 4.98 Å². The summed E-state index contributed by atoms with van der Waals surface area (Å²) in [5.74, 6) is 1.76. The number of thioether (sulfide) groups is 1. The van der Waals surface area contributed by atoms with Crippen LogP contribution in [0.5, 0.6) is 0 Å². The third-order valence-corrected chi connectivity index (χ3v) is 9.43. The Morgan fingerprint density at radius 3 is 2.58 bits per heavy atom. The number of pyridine rings is 1. The molecule has 3 nitrogen and oxygen atoms in total. The summed E-state index contributed by atoms with van der Waals surface area (Å²) in [6.07, 6.45) is 9.74. The molecule has 0 N–H and O–H groups in total. The van der Waals surface area contributed by atoms with Gasteiger partial charge in [-0.1, -0.05) is 54.5 Å². The van der Waals surface area contributed by atoms with Gasteiger partial charge >= 0.3 is 0 Å². The first-order valence-electron chi connectivity index (χ1n) is 14.0. The average molecular weight is 718 g/mol. The zero-order chi connectivity index (χ0) is 26.3. The number of para-hydroxylation sites is 1. The van der Waals surface area contributed by atoms with Crippen LogP contribution in [0.2, 0.25) is 0 Å². The van der Waals surface area contributed by atoms with Gasteiger partial charge in [0.15, 0.2) is 0 Å². The quantitative estimate of drug-likeness (QED) is 0.171. The number of benzene rings is 3. The van der Waals surface area contributed by atoms with Gasteiger partial charge in [0.05, 0.1) is 16.9 Å². The Kier molecular flexibility index (Phi) is 7.81. The number of allylic oxidation sites excluding steroid dienone is 2. The van der Waals surface area contributed by atoms with E-state index >= 15 is 0 Å². The molecular weight excluding hydrogens is 687 g/mol. The van der Waals surface area contributed by atoms with Gasteiger partial charge in [-0.2, -0.15) is 11.8 Å². The molecule has 2 aliphatic heterocycles. The summed E-state index contributed by atoms with van der Waals surface area (Å²) in [7, 11) is 0. The molecule has 8 rings (SSSR count). The van der Waals surface area contributed by atoms with Crippen molar-refractivity contribution in [3.63, 3.8) is 0 Å². The fourth-order valence-electron chi connectivity index (χ4n) is 6.43. The summed E-state index contributed by atoms with van der Waals surface area (Å²) in [5.41, 5.74) is 10.0. The second kappa shape index (κ2) is 11.5. The maximum Gasteiger partial charge on any atom is 0.0777 e. The van der Waals surface area contributed by atoms with Gasteiger partial charge in [-0.15, -0.1) is 65.7 Å². The van der Waals surface area contributed by atoms with Crippen LogP contribution in [0, 0.1) is 18.1 Å². The van der Waals surface area contributed by atoms with Crippen LogP contribution in [0.4, 0.5) is 0 Å². The maximum absolute atomic E-state index is 4.96. The number of rotatable bonds is 2. The number of hydrogen-bond acceptors (Lipinski definition) is 3. The van der Waals surface area contributed by atoms with Crippen molar-refractivity contribution < 1.29 is 20.1 Å². The Morgan fingerprint density at radius 1 is 0.900 bits per heavy atom. The van der Waals surface area contributed by atoms with Crippen molar-refractivity contribution in [2.75, 3.05) is 0 Å². The normalized spacial score (nSPS) is 19.1. The van der Waals surface area contributed by atoms with Gasteiger partial charge in [0.25, 0.3) is 0 Å². The maximum atomic E-state index is 4.96. The topological polar surface area (TPSA) is 30.7 Å². The molecule has 203 valence electrons. The minimum Gasteiger partial charge on any atom is -0.358 e. The van der Waals surface area contributed by atoms with Crippen molar-refractivity contribution in [2.24, 2.45) is 5.92 Å². The van der Waals surface area contributed by atoms with Crippen molar-refractivity contribution >= 4 is 28.4 Å². The van der Waals surface area contributed by atoms with Gasteiger partial charge in [0, 0.05) is 43.2 Å². The van der Waals surface area contributed by atoms with Gasteiger partial charge < -0.3 is 9.55 Å². The summed E-state index contributed by atoms with van der Waals surface area (Å²) >= 11 is 1.88. The fourth-order valence-corrected chi connectivity index (χ4v) is 7.56. The van der Waals surface area contributed by atoms with E-state index in [1.54, 1.807) is 5.57 Å². The van der Waals surface area contributed by atoms with Crippen molar-refractivity contribution in [3.05, 3.63) is 108 Å². The largest absolute Gasteiger partial charge is 0.358 e. The molecule has 1 radical (unpaired) electrons. The predicted octanol–water partition coefficient (Wildman–Crippen LogP) is 9.36. The van der Waals surface area contributed by atoms with E-state index in [-0.39, 0.29) is 20.1 Å². The summed E-state index contributed by atoms with van der Waals surface area (Å²) < 4.78 is 2.40. The van der Waals surface area contributed by atoms with Crippen LogP contribution in [0.15, 0.2) is 90.0 Å². The second-order valence-corrected chi connectivity index (χ2v) is 12.1. The first kappa shape index (κ1) is 27.2. The van der Waals surface area contributed by atoms with Crippen LogP contribution in [0.1, 0.15) is 61.9 Å². The molecule has 1 aliphatic carbocycles. The molecule has 5 heteroatoms. The van der Waals surface area contributed by atoms with E-state index in [9.17, 15) is 0 Å². The van der Waals surface area contributed by atoms with Crippen molar-refractivity contribution in [1.29, 1.82) is 0 Å². The van der Waals surface area contributed by atoms with Crippen molar-refractivity contribution in [3.8, 4) is 22.6 Å². The zero-order valence-corrected chi connectivity index (χ0v) is 25.9. The van der Waals surface area contributed by atoms with Crippen molar-refractivity contribution in [2.45, 2.75) is 55.7 Å². The van der Waals surface area contributed by atoms with Crippen LogP contribution in [0.3, 0.4) is 0 Å². The third-order valence-electron chi connectivity index (χ3n) is 8.23. The van der Waals surface area contributed by atoms with Crippen LogP contribution in [-0.4, -0.2) is 14.5 Å². The molecule has 0 saturated heterocycles. The van der Waals surface area contributed by atoms with E-state index < -0.39 is 0 Å². The first-order chi connectivity index (χ1) is 19.2. The molecule has 0 amide bonds. The molecule has 4 heterocycles. The molecule has 0 bridgehead atoms. The molecule has 5 aromatic rings. The Labute approximate surface area is 254 Å². The van der Waals surface area contributed by atoms with Crippen LogP contribution in [0.25, 0.3) is 39.3 Å². The fraction of sp³-hybridized carbons (Fsp3) is 0.257. The number of aromatic nitrogens is 3. The summed E-state index contributed by atoms with van der Waals surface area (Å²) in [4.78, 5) is 10.7. The first-order valence-corrected chi connectivity index (χ1v) is 14.9. The van der Waals surface area contributed by atoms with Gasteiger partial charge in [-0.05, 0) is 49.1 Å². The van der Waals surface area contributed by atoms with E-state index in [4.69, 9.17) is 4.98 Å². The summed E-state index contributed by atoms with van der Waals surface area (Å²) in [6, 6.07) is 32.0. The molecule has 2 unspecified atom stereocenters. The summed E-state index contributed by atoms with van der Waals surface area (Å²) in [6.45, 7) is 4.51. The average Bonchev–Trinajstić information content (AvgIpc) is 3.66. The predicted molar refractivity (Wildman–Crippen MR) is 161 cm³/mol. The SMILES string of the molecule is CC1C=C(C2CCCC2)c2cccc3nc(-c4[c-]cccc4)n1c23.CC1Sc2ccc[c-]c2-c2ncccc21.[Ir]. The third kappa shape index (κ3) is 4.79. The molecule has 3 aromatic carbocycles. The van der Waals surface area contributed by atoms with E-state index in [0.29, 0.717) is 11.3 Å². The van der Waals surface area contributed by atoms with Gasteiger partial charge in [0.2, 0.25) is 0 Å². The minimum absolute atomic E-state index is 0. The van der Waals surface area contributed by atoms with Crippen LogP contribution >= 0.6 is 11.8 Å². The number of nitrogens with zero attached hydrogens (tertiary/aromatic N) is 3. The molecule has 0 spiro atoms. The number of imidazole rings is 1. The molecule has 2 aromatic heterocycles. The Morgan fingerprint density at radius 2 is 1.75 bits per heavy atom. The molecule has 1 saturated carbocycles. The molecule has 40 heavy (non-hydrogen) atoms. The van der Waals surface area contributed by atoms with Crippen molar-refractivity contribution in [1.82, 2.24) is 14.5 Å². The standard InChI is InChI=1S/C22H21N2.C13H10NS.Ir/c1-15-14-19(16-8-5-6-9-16)18-12-7-13-20-21(18)24(15)22(23-20)17-10-3-2-4-11-17;1-9-10-6-4-8-14-13(10)11-5-2-3-7-12(11)15-9;/h2-4,7,10,12-16H,5-6,8-9H2,1H3;2-4,6-9H,1H3;/q2*-1;. The molecular formula is C35H31IrN3S-2. The smallest absolute Gasteiger partial charge is 0.0777 e. The Balaban J connectivity index is 0.000000156. The Hall–Kier alpha value is -2.98. The Bertz CT molecular complexity index is 1680. The summed E-state index contributed by atoms with van der Waals surface area (Å²) in [5, 5.41) is 0.483. The van der Waals surface area contributed by atoms with E-state index in [1.807, 2.05) is 48.3 Å². The van der Waals surface area contributed by atoms with Crippen LogP contribution < -0.4 is 0 Å². The molecule has 1 fully saturated rings. The number of hydrogen-bond donors (Lipinski definition) is 0. The molecule has 3 aliphatic rings. The second-order valence-electron chi connectivity index (χ2n) is 10.7. The minimum atomic E-state index is 0. The van der Waals surface area contributed by atoms with Gasteiger partial charge in [-0.25, -0.2) is 0 Å². The van der Waals surface area contributed by atoms with E-state index in [1.165, 1.54) is 47.2 Å². The van der Waals surface area contributed by atoms with E-state index in [2.05, 4.69) is 84.1 Å². The molecule has 2 atom stereocenters. The number of fused-ring (bicyclic) bond motifs is 3. The van der Waals surface area contributed by atoms with Gasteiger partial charge in [0.1, 0.15) is 0 Å². The zero-order valence-electron chi connectivity index (χ0n) is 22.7. The van der Waals surface area contributed by atoms with E-state index in [0.717, 1.165) is 34.1 Å².